The van der Waals surface area contributed by atoms with E-state index in [1.165, 1.54) is 7.11 Å². The van der Waals surface area contributed by atoms with E-state index in [1.54, 1.807) is 24.3 Å². The number of ether oxygens (including phenoxy) is 1. The van der Waals surface area contributed by atoms with Gasteiger partial charge >= 0.3 is 0 Å². The number of para-hydroxylation sites is 1. The number of nitrogen functional groups attached to an aromatic ring is 1. The fraction of sp³-hybridized carbons (Fsp3) is 0.125. The first-order chi connectivity index (χ1) is 11.2. The number of rotatable bonds is 4. The Labute approximate surface area is 137 Å². The Morgan fingerprint density at radius 3 is 2.48 bits per heavy atom. The van der Waals surface area contributed by atoms with Crippen molar-refractivity contribution >= 4 is 17.6 Å². The SMILES string of the molecule is COc1ccccc1-c1c(C#N)c(N)nc(SCC#N)c1C#N. The lowest BCUT2D eigenvalue weighted by atomic mass is 9.96. The van der Waals surface area contributed by atoms with Crippen LogP contribution in [0.15, 0.2) is 29.3 Å². The van der Waals surface area contributed by atoms with Crippen molar-refractivity contribution in [3.8, 4) is 35.1 Å². The van der Waals surface area contributed by atoms with Gasteiger partial charge in [0.25, 0.3) is 0 Å². The van der Waals surface area contributed by atoms with E-state index in [4.69, 9.17) is 15.7 Å². The van der Waals surface area contributed by atoms with Gasteiger partial charge in [0.2, 0.25) is 0 Å². The third-order valence-electron chi connectivity index (χ3n) is 3.07. The fourth-order valence-electron chi connectivity index (χ4n) is 2.12. The number of nitrogens with two attached hydrogens (primary N) is 1. The average Bonchev–Trinajstić information content (AvgIpc) is 2.59. The van der Waals surface area contributed by atoms with Crippen LogP contribution in [0.25, 0.3) is 11.1 Å². The number of aromatic nitrogens is 1. The monoisotopic (exact) mass is 321 g/mol. The van der Waals surface area contributed by atoms with Gasteiger partial charge in [0.1, 0.15) is 34.3 Å². The molecule has 2 N–H and O–H groups in total. The Hall–Kier alpha value is -3.21. The van der Waals surface area contributed by atoms with Crippen LogP contribution in [0.4, 0.5) is 5.82 Å². The van der Waals surface area contributed by atoms with Crippen molar-refractivity contribution in [1.29, 1.82) is 15.8 Å². The molecule has 2 aromatic rings. The Bertz CT molecular complexity index is 874. The number of benzene rings is 1. The fourth-order valence-corrected chi connectivity index (χ4v) is 2.78. The van der Waals surface area contributed by atoms with Crippen molar-refractivity contribution < 1.29 is 4.74 Å². The minimum absolute atomic E-state index is 0.0212. The molecule has 0 radical (unpaired) electrons. The lowest BCUT2D eigenvalue weighted by molar-refractivity contribution is 0.416. The number of hydrogen-bond acceptors (Lipinski definition) is 7. The molecule has 112 valence electrons. The molecule has 0 fully saturated rings. The van der Waals surface area contributed by atoms with Crippen LogP contribution in [-0.2, 0) is 0 Å². The van der Waals surface area contributed by atoms with Gasteiger partial charge in [-0.1, -0.05) is 30.0 Å². The molecule has 2 rings (SSSR count). The molecular weight excluding hydrogens is 310 g/mol. The van der Waals surface area contributed by atoms with Crippen molar-refractivity contribution in [1.82, 2.24) is 4.98 Å². The van der Waals surface area contributed by atoms with E-state index in [0.29, 0.717) is 21.9 Å². The molecule has 0 spiro atoms. The summed E-state index contributed by atoms with van der Waals surface area (Å²) < 4.78 is 5.32. The first kappa shape index (κ1) is 16.2. The Kier molecular flexibility index (Phi) is 5.04. The van der Waals surface area contributed by atoms with Crippen LogP contribution in [0.2, 0.25) is 0 Å². The molecular formula is C16H11N5OS. The van der Waals surface area contributed by atoms with Crippen molar-refractivity contribution in [3.63, 3.8) is 0 Å². The lowest BCUT2D eigenvalue weighted by Crippen LogP contribution is -2.04. The number of thioether (sulfide) groups is 1. The minimum Gasteiger partial charge on any atom is -0.496 e. The Morgan fingerprint density at radius 1 is 1.17 bits per heavy atom. The van der Waals surface area contributed by atoms with Crippen LogP contribution in [0, 0.1) is 34.0 Å². The minimum atomic E-state index is 0.0212. The highest BCUT2D eigenvalue weighted by molar-refractivity contribution is 7.99. The average molecular weight is 321 g/mol. The van der Waals surface area contributed by atoms with Gasteiger partial charge in [0.15, 0.2) is 0 Å². The molecule has 0 aliphatic rings. The first-order valence-electron chi connectivity index (χ1n) is 6.44. The van der Waals surface area contributed by atoms with E-state index in [1.807, 2.05) is 12.1 Å². The molecule has 0 unspecified atom stereocenters. The zero-order chi connectivity index (χ0) is 16.8. The zero-order valence-corrected chi connectivity index (χ0v) is 13.0. The van der Waals surface area contributed by atoms with Crippen molar-refractivity contribution in [2.75, 3.05) is 18.6 Å². The number of nitriles is 3. The topological polar surface area (TPSA) is 120 Å². The third kappa shape index (κ3) is 3.03. The van der Waals surface area contributed by atoms with Gasteiger partial charge in [0, 0.05) is 11.1 Å². The van der Waals surface area contributed by atoms with Crippen LogP contribution in [0.5, 0.6) is 5.75 Å². The van der Waals surface area contributed by atoms with Crippen LogP contribution in [0.3, 0.4) is 0 Å². The maximum Gasteiger partial charge on any atom is 0.143 e. The van der Waals surface area contributed by atoms with E-state index in [-0.39, 0.29) is 22.7 Å². The largest absolute Gasteiger partial charge is 0.496 e. The molecule has 0 saturated carbocycles. The summed E-state index contributed by atoms with van der Waals surface area (Å²) >= 11 is 1.10. The molecule has 7 heteroatoms. The van der Waals surface area contributed by atoms with Crippen molar-refractivity contribution in [2.45, 2.75) is 5.03 Å². The predicted molar refractivity (Wildman–Crippen MR) is 86.4 cm³/mol. The lowest BCUT2D eigenvalue weighted by Gasteiger charge is -2.14. The van der Waals surface area contributed by atoms with Crippen LogP contribution < -0.4 is 10.5 Å². The van der Waals surface area contributed by atoms with Crippen LogP contribution in [-0.4, -0.2) is 17.8 Å². The smallest absolute Gasteiger partial charge is 0.143 e. The van der Waals surface area contributed by atoms with E-state index in [0.717, 1.165) is 11.8 Å². The molecule has 0 aliphatic heterocycles. The van der Waals surface area contributed by atoms with Gasteiger partial charge in [-0.15, -0.1) is 0 Å². The van der Waals surface area contributed by atoms with E-state index >= 15 is 0 Å². The number of methoxy groups -OCH3 is 1. The molecule has 1 heterocycles. The Balaban J connectivity index is 2.85. The van der Waals surface area contributed by atoms with Crippen molar-refractivity contribution in [2.24, 2.45) is 0 Å². The molecule has 0 amide bonds. The summed E-state index contributed by atoms with van der Waals surface area (Å²) in [7, 11) is 1.51. The normalized spacial score (nSPS) is 9.48. The van der Waals surface area contributed by atoms with Crippen molar-refractivity contribution in [3.05, 3.63) is 35.4 Å². The number of anilines is 1. The van der Waals surface area contributed by atoms with Crippen LogP contribution >= 0.6 is 11.8 Å². The number of pyridine rings is 1. The van der Waals surface area contributed by atoms with Gasteiger partial charge < -0.3 is 10.5 Å². The molecule has 1 aromatic carbocycles. The molecule has 23 heavy (non-hydrogen) atoms. The Morgan fingerprint density at radius 2 is 1.87 bits per heavy atom. The standard InChI is InChI=1S/C16H11N5OS/c1-22-13-5-3-2-4-10(13)14-11(8-18)15(20)21-16(12(14)9-19)23-7-6-17/h2-5H,7H2,1H3,(H2,20,21). The highest BCUT2D eigenvalue weighted by atomic mass is 32.2. The molecule has 1 aromatic heterocycles. The van der Waals surface area contributed by atoms with Gasteiger partial charge in [-0.3, -0.25) is 0 Å². The second-order valence-electron chi connectivity index (χ2n) is 4.30. The summed E-state index contributed by atoms with van der Waals surface area (Å²) in [5, 5.41) is 28.1. The summed E-state index contributed by atoms with van der Waals surface area (Å²) in [6.07, 6.45) is 0. The maximum absolute atomic E-state index is 9.56. The summed E-state index contributed by atoms with van der Waals surface area (Å²) in [5.74, 6) is 0.661. The van der Waals surface area contributed by atoms with Gasteiger partial charge in [-0.2, -0.15) is 15.8 Å². The molecule has 0 atom stereocenters. The predicted octanol–water partition coefficient (Wildman–Crippen LogP) is 2.70. The maximum atomic E-state index is 9.56. The summed E-state index contributed by atoms with van der Waals surface area (Å²) in [6.45, 7) is 0. The summed E-state index contributed by atoms with van der Waals surface area (Å²) in [4.78, 5) is 4.10. The van der Waals surface area contributed by atoms with Crippen LogP contribution in [0.1, 0.15) is 11.1 Å². The van der Waals surface area contributed by atoms with Gasteiger partial charge in [-0.25, -0.2) is 4.98 Å². The molecule has 0 aliphatic carbocycles. The summed E-state index contributed by atoms with van der Waals surface area (Å²) in [6, 6.07) is 13.1. The molecule has 0 saturated heterocycles. The molecule has 0 bridgehead atoms. The highest BCUT2D eigenvalue weighted by Crippen LogP contribution is 2.39. The second-order valence-corrected chi connectivity index (χ2v) is 5.26. The molecule has 6 nitrogen and oxygen atoms in total. The number of hydrogen-bond donors (Lipinski definition) is 1. The van der Waals surface area contributed by atoms with E-state index in [9.17, 15) is 10.5 Å². The highest BCUT2D eigenvalue weighted by Gasteiger charge is 2.22. The first-order valence-corrected chi connectivity index (χ1v) is 7.43. The van der Waals surface area contributed by atoms with E-state index in [2.05, 4.69) is 11.1 Å². The summed E-state index contributed by atoms with van der Waals surface area (Å²) in [5.41, 5.74) is 7.16. The van der Waals surface area contributed by atoms with Gasteiger partial charge in [0.05, 0.1) is 24.5 Å². The zero-order valence-electron chi connectivity index (χ0n) is 12.2. The second kappa shape index (κ2) is 7.17. The number of nitrogens with zero attached hydrogens (tertiary/aromatic N) is 4. The van der Waals surface area contributed by atoms with E-state index < -0.39 is 0 Å². The van der Waals surface area contributed by atoms with Gasteiger partial charge in [-0.05, 0) is 6.07 Å². The quantitative estimate of drug-likeness (QED) is 0.859. The third-order valence-corrected chi connectivity index (χ3v) is 3.91.